The van der Waals surface area contributed by atoms with Crippen molar-refractivity contribution < 1.29 is 4.79 Å². The third-order valence-corrected chi connectivity index (χ3v) is 4.55. The first-order chi connectivity index (χ1) is 9.66. The summed E-state index contributed by atoms with van der Waals surface area (Å²) in [5.74, 6) is -0.323. The fourth-order valence-corrected chi connectivity index (χ4v) is 2.59. The Balaban J connectivity index is 2.83. The average molecular weight is 291 g/mol. The number of carbonyl (C=O) groups is 1. The summed E-state index contributed by atoms with van der Waals surface area (Å²) in [4.78, 5) is 11.1. The van der Waals surface area contributed by atoms with Crippen LogP contribution in [0.2, 0.25) is 0 Å². The fraction of sp³-hybridized carbons (Fsp3) is 0.588. The zero-order chi connectivity index (χ0) is 16.3. The van der Waals surface area contributed by atoms with Crippen molar-refractivity contribution >= 4 is 11.6 Å². The molecule has 1 aromatic rings. The summed E-state index contributed by atoms with van der Waals surface area (Å²) in [6.07, 6.45) is 0. The van der Waals surface area contributed by atoms with Gasteiger partial charge in [-0.25, -0.2) is 0 Å². The number of carbonyl (C=O) groups excluding carboxylic acids is 1. The lowest BCUT2D eigenvalue weighted by Crippen LogP contribution is -2.45. The smallest absolute Gasteiger partial charge is 0.234 e. The number of amides is 1. The van der Waals surface area contributed by atoms with Crippen LogP contribution in [0.25, 0.3) is 0 Å². The summed E-state index contributed by atoms with van der Waals surface area (Å²) in [7, 11) is 0. The lowest BCUT2D eigenvalue weighted by atomic mass is 9.93. The van der Waals surface area contributed by atoms with E-state index in [1.54, 1.807) is 6.92 Å². The molecule has 1 rings (SSSR count). The number of hydrogen-bond donors (Lipinski definition) is 3. The molecule has 0 spiro atoms. The van der Waals surface area contributed by atoms with Gasteiger partial charge in [-0.05, 0) is 76.3 Å². The first-order valence-electron chi connectivity index (χ1n) is 7.53. The second kappa shape index (κ2) is 6.94. The molecule has 0 saturated carbocycles. The van der Waals surface area contributed by atoms with Gasteiger partial charge in [0.05, 0.1) is 6.04 Å². The highest BCUT2D eigenvalue weighted by Crippen LogP contribution is 2.30. The maximum absolute atomic E-state index is 11.1. The third-order valence-electron chi connectivity index (χ3n) is 4.55. The van der Waals surface area contributed by atoms with E-state index in [-0.39, 0.29) is 18.0 Å². The molecule has 0 fully saturated rings. The van der Waals surface area contributed by atoms with Gasteiger partial charge in [-0.3, -0.25) is 4.79 Å². The molecule has 21 heavy (non-hydrogen) atoms. The van der Waals surface area contributed by atoms with Crippen LogP contribution in [0.1, 0.15) is 41.7 Å². The second-order valence-corrected chi connectivity index (χ2v) is 6.07. The summed E-state index contributed by atoms with van der Waals surface area (Å²) in [6, 6.07) is -0.154. The lowest BCUT2D eigenvalue weighted by Gasteiger charge is -2.23. The molecule has 2 atom stereocenters. The molecule has 0 bridgehead atoms. The van der Waals surface area contributed by atoms with Gasteiger partial charge in [0.15, 0.2) is 0 Å². The first kappa shape index (κ1) is 17.5. The average Bonchev–Trinajstić information content (AvgIpc) is 2.42. The maximum Gasteiger partial charge on any atom is 0.234 e. The summed E-state index contributed by atoms with van der Waals surface area (Å²) < 4.78 is 0. The lowest BCUT2D eigenvalue weighted by molar-refractivity contribution is -0.119. The number of hydrogen-bond acceptors (Lipinski definition) is 3. The predicted octanol–water partition coefficient (Wildman–Crippen LogP) is 2.49. The molecule has 0 radical (unpaired) electrons. The first-order valence-corrected chi connectivity index (χ1v) is 7.53. The highest BCUT2D eigenvalue weighted by Gasteiger charge is 2.15. The zero-order valence-electron chi connectivity index (χ0n) is 14.3. The van der Waals surface area contributed by atoms with Gasteiger partial charge < -0.3 is 16.4 Å². The molecule has 4 N–H and O–H groups in total. The quantitative estimate of drug-likeness (QED) is 0.754. The zero-order valence-corrected chi connectivity index (χ0v) is 14.3. The maximum atomic E-state index is 11.1. The van der Waals surface area contributed by atoms with Gasteiger partial charge in [0.1, 0.15) is 0 Å². The van der Waals surface area contributed by atoms with Crippen molar-refractivity contribution in [1.82, 2.24) is 5.32 Å². The van der Waals surface area contributed by atoms with Crippen LogP contribution in [0.5, 0.6) is 0 Å². The van der Waals surface area contributed by atoms with Crippen LogP contribution in [-0.2, 0) is 4.79 Å². The van der Waals surface area contributed by atoms with E-state index in [1.165, 1.54) is 33.5 Å². The van der Waals surface area contributed by atoms with E-state index in [0.29, 0.717) is 0 Å². The summed E-state index contributed by atoms with van der Waals surface area (Å²) in [6.45, 7) is 15.4. The van der Waals surface area contributed by atoms with Crippen molar-refractivity contribution in [3.63, 3.8) is 0 Å². The predicted molar refractivity (Wildman–Crippen MR) is 89.9 cm³/mol. The van der Waals surface area contributed by atoms with Crippen LogP contribution in [0.3, 0.4) is 0 Å². The largest absolute Gasteiger partial charge is 0.383 e. The minimum absolute atomic E-state index is 0.160. The highest BCUT2D eigenvalue weighted by atomic mass is 16.1. The van der Waals surface area contributed by atoms with Gasteiger partial charge in [0.2, 0.25) is 5.91 Å². The number of primary amides is 1. The van der Waals surface area contributed by atoms with Crippen LogP contribution < -0.4 is 16.4 Å². The van der Waals surface area contributed by atoms with Crippen LogP contribution in [-0.4, -0.2) is 24.5 Å². The Kier molecular flexibility index (Phi) is 5.78. The van der Waals surface area contributed by atoms with Gasteiger partial charge >= 0.3 is 0 Å². The van der Waals surface area contributed by atoms with Gasteiger partial charge in [-0.15, -0.1) is 0 Å². The van der Waals surface area contributed by atoms with E-state index in [4.69, 9.17) is 5.73 Å². The normalized spacial score (nSPS) is 13.9. The van der Waals surface area contributed by atoms with Gasteiger partial charge in [0.25, 0.3) is 0 Å². The molecule has 0 aliphatic carbocycles. The topological polar surface area (TPSA) is 67.2 Å². The number of nitrogens with two attached hydrogens (primary N) is 1. The van der Waals surface area contributed by atoms with Crippen LogP contribution in [0.4, 0.5) is 5.69 Å². The van der Waals surface area contributed by atoms with E-state index in [0.717, 1.165) is 6.54 Å². The number of rotatable bonds is 6. The molecule has 0 aliphatic heterocycles. The van der Waals surface area contributed by atoms with E-state index < -0.39 is 0 Å². The molecule has 1 amide bonds. The van der Waals surface area contributed by atoms with Crippen molar-refractivity contribution in [2.24, 2.45) is 5.73 Å². The molecule has 118 valence electrons. The molecule has 0 aliphatic rings. The Morgan fingerprint density at radius 3 is 1.81 bits per heavy atom. The number of benzene rings is 1. The van der Waals surface area contributed by atoms with Gasteiger partial charge in [-0.1, -0.05) is 0 Å². The highest BCUT2D eigenvalue weighted by molar-refractivity contribution is 5.79. The van der Waals surface area contributed by atoms with E-state index in [2.05, 4.69) is 45.3 Å². The Labute approximate surface area is 128 Å². The van der Waals surface area contributed by atoms with Crippen molar-refractivity contribution in [3.8, 4) is 0 Å². The molecule has 0 heterocycles. The standard InChI is InChI=1S/C17H29N3O/c1-9(20-15(7)17(18)21)8-19-16-13(5)11(3)10(2)12(4)14(16)6/h9,15,19-20H,8H2,1-7H3,(H2,18,21). The van der Waals surface area contributed by atoms with Crippen molar-refractivity contribution in [3.05, 3.63) is 27.8 Å². The van der Waals surface area contributed by atoms with Crippen molar-refractivity contribution in [2.45, 2.75) is 60.5 Å². The van der Waals surface area contributed by atoms with Crippen LogP contribution in [0.15, 0.2) is 0 Å². The Hall–Kier alpha value is -1.55. The monoisotopic (exact) mass is 291 g/mol. The minimum atomic E-state index is -0.323. The Morgan fingerprint density at radius 1 is 0.952 bits per heavy atom. The van der Waals surface area contributed by atoms with E-state index >= 15 is 0 Å². The molecule has 0 saturated heterocycles. The second-order valence-electron chi connectivity index (χ2n) is 6.07. The molecular formula is C17H29N3O. The van der Waals surface area contributed by atoms with Crippen molar-refractivity contribution in [1.29, 1.82) is 0 Å². The van der Waals surface area contributed by atoms with Crippen LogP contribution in [0, 0.1) is 34.6 Å². The summed E-state index contributed by atoms with van der Waals surface area (Å²) in [5, 5.41) is 6.71. The Morgan fingerprint density at radius 2 is 1.38 bits per heavy atom. The molecule has 0 aromatic heterocycles. The number of nitrogens with one attached hydrogen (secondary N) is 2. The Bertz CT molecular complexity index is 508. The third kappa shape index (κ3) is 3.97. The molecule has 1 aromatic carbocycles. The fourth-order valence-electron chi connectivity index (χ4n) is 2.59. The molecule has 2 unspecified atom stereocenters. The van der Waals surface area contributed by atoms with Gasteiger partial charge in [-0.2, -0.15) is 0 Å². The molecular weight excluding hydrogens is 262 g/mol. The van der Waals surface area contributed by atoms with Crippen molar-refractivity contribution in [2.75, 3.05) is 11.9 Å². The summed E-state index contributed by atoms with van der Waals surface area (Å²) in [5.41, 5.74) is 13.1. The van der Waals surface area contributed by atoms with E-state index in [9.17, 15) is 4.79 Å². The SMILES string of the molecule is Cc1c(C)c(C)c(NCC(C)NC(C)C(N)=O)c(C)c1C. The minimum Gasteiger partial charge on any atom is -0.383 e. The summed E-state index contributed by atoms with van der Waals surface area (Å²) >= 11 is 0. The number of anilines is 1. The van der Waals surface area contributed by atoms with E-state index in [1.807, 2.05) is 6.92 Å². The van der Waals surface area contributed by atoms with Gasteiger partial charge in [0, 0.05) is 18.3 Å². The molecule has 4 nitrogen and oxygen atoms in total. The van der Waals surface area contributed by atoms with Crippen LogP contribution >= 0.6 is 0 Å². The molecule has 4 heteroatoms.